The molecule has 0 aromatic heterocycles. The van der Waals surface area contributed by atoms with Crippen LogP contribution >= 0.6 is 12.1 Å². The number of hydrogen-bond acceptors (Lipinski definition) is 4. The Morgan fingerprint density at radius 3 is 2.15 bits per heavy atom. The van der Waals surface area contributed by atoms with Gasteiger partial charge in [-0.15, -0.1) is 0 Å². The average molecular weight is 391 g/mol. The summed E-state index contributed by atoms with van der Waals surface area (Å²) in [6.07, 6.45) is 6.91. The minimum Gasteiger partial charge on any atom is -0.307 e. The third kappa shape index (κ3) is 4.98. The molecule has 0 saturated heterocycles. The van der Waals surface area contributed by atoms with E-state index in [0.717, 1.165) is 64.1 Å². The summed E-state index contributed by atoms with van der Waals surface area (Å²) in [4.78, 5) is 15.0. The highest BCUT2D eigenvalue weighted by Crippen LogP contribution is 2.38. The normalized spacial score (nSPS) is 15.3. The van der Waals surface area contributed by atoms with Crippen LogP contribution in [0, 0.1) is 0 Å². The van der Waals surface area contributed by atoms with Gasteiger partial charge in [0, 0.05) is 37.5 Å². The summed E-state index contributed by atoms with van der Waals surface area (Å²) < 4.78 is 5.20. The summed E-state index contributed by atoms with van der Waals surface area (Å²) in [7, 11) is 0. The van der Waals surface area contributed by atoms with E-state index in [2.05, 4.69) is 46.1 Å². The summed E-state index contributed by atoms with van der Waals surface area (Å²) in [5.74, 6) is 0. The quantitative estimate of drug-likeness (QED) is 0.626. The number of aryl methyl sites for hydroxylation is 2. The van der Waals surface area contributed by atoms with Crippen molar-refractivity contribution in [1.29, 1.82) is 0 Å². The van der Waals surface area contributed by atoms with Crippen molar-refractivity contribution in [2.45, 2.75) is 59.3 Å². The van der Waals surface area contributed by atoms with Gasteiger partial charge >= 0.3 is 6.03 Å². The first-order chi connectivity index (χ1) is 13.2. The molecule has 0 aliphatic heterocycles. The number of amides is 2. The first kappa shape index (κ1) is 20.5. The maximum absolute atomic E-state index is 12.6. The molecule has 2 aliphatic rings. The van der Waals surface area contributed by atoms with Crippen molar-refractivity contribution in [3.8, 4) is 0 Å². The summed E-state index contributed by atoms with van der Waals surface area (Å²) in [6.45, 7) is 11.5. The van der Waals surface area contributed by atoms with Crippen LogP contribution in [-0.2, 0) is 25.7 Å². The number of carbonyl (C=O) groups excluding carboxylic acids is 1. The first-order valence-electron chi connectivity index (χ1n) is 10.5. The molecule has 3 rings (SSSR count). The minimum absolute atomic E-state index is 0.101. The highest BCUT2D eigenvalue weighted by atomic mass is 32.2. The van der Waals surface area contributed by atoms with Gasteiger partial charge in [-0.25, -0.2) is 9.10 Å². The predicted octanol–water partition coefficient (Wildman–Crippen LogP) is 4.01. The molecule has 0 atom stereocenters. The number of hydrogen-bond donors (Lipinski definition) is 2. The van der Waals surface area contributed by atoms with Gasteiger partial charge < -0.3 is 10.2 Å². The van der Waals surface area contributed by atoms with Gasteiger partial charge in [0.15, 0.2) is 0 Å². The van der Waals surface area contributed by atoms with E-state index in [1.165, 1.54) is 47.2 Å². The number of anilines is 1. The zero-order chi connectivity index (χ0) is 19.2. The van der Waals surface area contributed by atoms with Gasteiger partial charge in [0.1, 0.15) is 0 Å². The molecule has 0 radical (unpaired) electrons. The van der Waals surface area contributed by atoms with Gasteiger partial charge in [-0.3, -0.25) is 4.72 Å². The Bertz CT molecular complexity index is 628. The van der Waals surface area contributed by atoms with Crippen molar-refractivity contribution in [3.05, 3.63) is 28.3 Å². The van der Waals surface area contributed by atoms with E-state index in [-0.39, 0.29) is 6.03 Å². The molecule has 0 saturated carbocycles. The van der Waals surface area contributed by atoms with E-state index >= 15 is 0 Å². The van der Waals surface area contributed by atoms with Gasteiger partial charge in [0.25, 0.3) is 0 Å². The third-order valence-corrected chi connectivity index (χ3v) is 6.87. The van der Waals surface area contributed by atoms with Crippen molar-refractivity contribution in [2.75, 3.05) is 38.0 Å². The third-order valence-electron chi connectivity index (χ3n) is 5.89. The molecule has 5 nitrogen and oxygen atoms in total. The van der Waals surface area contributed by atoms with Crippen molar-refractivity contribution >= 4 is 23.9 Å². The first-order valence-corrected chi connectivity index (χ1v) is 11.3. The topological polar surface area (TPSA) is 47.6 Å². The Morgan fingerprint density at radius 1 is 0.963 bits per heavy atom. The fraction of sp³-hybridized carbons (Fsp3) is 0.667. The molecule has 0 spiro atoms. The number of likely N-dealkylation sites (N-methyl/N-ethyl adjacent to an activating group) is 2. The van der Waals surface area contributed by atoms with Crippen LogP contribution in [0.25, 0.3) is 0 Å². The van der Waals surface area contributed by atoms with Crippen LogP contribution in [0.5, 0.6) is 0 Å². The van der Waals surface area contributed by atoms with Gasteiger partial charge in [0.2, 0.25) is 0 Å². The molecule has 0 fully saturated rings. The maximum Gasteiger partial charge on any atom is 0.330 e. The highest BCUT2D eigenvalue weighted by molar-refractivity contribution is 7.95. The largest absolute Gasteiger partial charge is 0.330 e. The molecule has 2 aliphatic carbocycles. The lowest BCUT2D eigenvalue weighted by Crippen LogP contribution is -2.35. The standard InChI is InChI=1S/C21H34N4OS/c1-4-24(5-2)13-14-25(6-3)27-23-21(26)22-20-18-11-7-9-16(18)15-17-10-8-12-19(17)20/h15H,4-14H2,1-3H3,(H2,22,23,26). The van der Waals surface area contributed by atoms with Crippen molar-refractivity contribution in [3.63, 3.8) is 0 Å². The summed E-state index contributed by atoms with van der Waals surface area (Å²) in [6, 6.07) is 2.30. The zero-order valence-corrected chi connectivity index (χ0v) is 17.9. The Balaban J connectivity index is 1.57. The molecule has 2 N–H and O–H groups in total. The van der Waals surface area contributed by atoms with E-state index in [1.54, 1.807) is 0 Å². The van der Waals surface area contributed by atoms with Gasteiger partial charge in [-0.05, 0) is 73.9 Å². The predicted molar refractivity (Wildman–Crippen MR) is 115 cm³/mol. The number of rotatable bonds is 9. The average Bonchev–Trinajstić information content (AvgIpc) is 3.33. The van der Waals surface area contributed by atoms with Crippen molar-refractivity contribution < 1.29 is 4.79 Å². The van der Waals surface area contributed by atoms with Gasteiger partial charge in [0.05, 0.1) is 0 Å². The SMILES string of the molecule is CCN(CC)CCN(CC)SNC(=O)Nc1c2c(cc3c1CCC3)CCC2. The second kappa shape index (κ2) is 9.80. The van der Waals surface area contributed by atoms with E-state index in [0.29, 0.717) is 0 Å². The number of carbonyl (C=O) groups is 1. The fourth-order valence-electron chi connectivity index (χ4n) is 4.27. The summed E-state index contributed by atoms with van der Waals surface area (Å²) in [5.41, 5.74) is 6.78. The molecule has 0 bridgehead atoms. The minimum atomic E-state index is -0.101. The Hall–Kier alpha value is -1.24. The van der Waals surface area contributed by atoms with Crippen LogP contribution in [0.2, 0.25) is 0 Å². The maximum atomic E-state index is 12.6. The molecule has 2 amide bonds. The molecule has 150 valence electrons. The van der Waals surface area contributed by atoms with E-state index in [4.69, 9.17) is 0 Å². The van der Waals surface area contributed by atoms with Crippen molar-refractivity contribution in [1.82, 2.24) is 13.9 Å². The van der Waals surface area contributed by atoms with Crippen LogP contribution in [0.4, 0.5) is 10.5 Å². The second-order valence-electron chi connectivity index (χ2n) is 7.43. The van der Waals surface area contributed by atoms with Crippen LogP contribution < -0.4 is 10.0 Å². The van der Waals surface area contributed by atoms with Crippen LogP contribution in [0.3, 0.4) is 0 Å². The number of nitrogens with one attached hydrogen (secondary N) is 2. The van der Waals surface area contributed by atoms with Gasteiger partial charge in [-0.1, -0.05) is 26.8 Å². The smallest absolute Gasteiger partial charge is 0.307 e. The van der Waals surface area contributed by atoms with E-state index in [9.17, 15) is 4.79 Å². The molecule has 1 aromatic rings. The fourth-order valence-corrected chi connectivity index (χ4v) is 4.84. The molecular weight excluding hydrogens is 356 g/mol. The van der Waals surface area contributed by atoms with E-state index in [1.807, 2.05) is 0 Å². The second-order valence-corrected chi connectivity index (χ2v) is 8.33. The van der Waals surface area contributed by atoms with Crippen LogP contribution in [0.15, 0.2) is 6.07 Å². The molecular formula is C21H34N4OS. The highest BCUT2D eigenvalue weighted by Gasteiger charge is 2.25. The lowest BCUT2D eigenvalue weighted by Gasteiger charge is -2.24. The lowest BCUT2D eigenvalue weighted by molar-refractivity contribution is 0.256. The molecule has 27 heavy (non-hydrogen) atoms. The summed E-state index contributed by atoms with van der Waals surface area (Å²) >= 11 is 1.42. The monoisotopic (exact) mass is 390 g/mol. The zero-order valence-electron chi connectivity index (χ0n) is 17.1. The summed E-state index contributed by atoms with van der Waals surface area (Å²) in [5, 5.41) is 3.20. The number of benzene rings is 1. The lowest BCUT2D eigenvalue weighted by atomic mass is 9.99. The number of nitrogens with zero attached hydrogens (tertiary/aromatic N) is 2. The Labute approximate surface area is 168 Å². The number of fused-ring (bicyclic) bond motifs is 2. The van der Waals surface area contributed by atoms with Crippen molar-refractivity contribution in [2.24, 2.45) is 0 Å². The number of urea groups is 1. The molecule has 1 aromatic carbocycles. The Morgan fingerprint density at radius 2 is 1.59 bits per heavy atom. The Kier molecular flexibility index (Phi) is 7.44. The molecule has 0 heterocycles. The van der Waals surface area contributed by atoms with Crippen LogP contribution in [-0.4, -0.2) is 48.0 Å². The van der Waals surface area contributed by atoms with Crippen LogP contribution in [0.1, 0.15) is 55.9 Å². The van der Waals surface area contributed by atoms with Gasteiger partial charge in [-0.2, -0.15) is 0 Å². The molecule has 0 unspecified atom stereocenters. The van der Waals surface area contributed by atoms with E-state index < -0.39 is 0 Å². The molecule has 6 heteroatoms.